The highest BCUT2D eigenvalue weighted by atomic mass is 16.6. The van der Waals surface area contributed by atoms with Crippen molar-refractivity contribution in [3.63, 3.8) is 0 Å². The van der Waals surface area contributed by atoms with Gasteiger partial charge in [-0.3, -0.25) is 4.79 Å². The number of allylic oxidation sites excluding steroid dienone is 1. The lowest BCUT2D eigenvalue weighted by atomic mass is 9.76. The van der Waals surface area contributed by atoms with Crippen LogP contribution < -0.4 is 0 Å². The van der Waals surface area contributed by atoms with Gasteiger partial charge in [-0.15, -0.1) is 0 Å². The molecule has 1 aliphatic heterocycles. The quantitative estimate of drug-likeness (QED) is 0.445. The molecule has 0 atom stereocenters. The van der Waals surface area contributed by atoms with Gasteiger partial charge in [-0.25, -0.2) is 4.79 Å². The molecule has 1 heterocycles. The van der Waals surface area contributed by atoms with Crippen LogP contribution in [0.3, 0.4) is 0 Å². The van der Waals surface area contributed by atoms with Crippen LogP contribution in [0.4, 0.5) is 4.79 Å². The molecule has 5 nitrogen and oxygen atoms in total. The molecule has 19 heavy (non-hydrogen) atoms. The normalized spacial score (nSPS) is 18.6. The van der Waals surface area contributed by atoms with Crippen LogP contribution in [0.1, 0.15) is 33.6 Å². The van der Waals surface area contributed by atoms with Crippen molar-refractivity contribution in [2.45, 2.75) is 39.2 Å². The molecule has 0 aromatic carbocycles. The van der Waals surface area contributed by atoms with Crippen LogP contribution in [-0.2, 0) is 14.3 Å². The molecule has 0 radical (unpaired) electrons. The highest BCUT2D eigenvalue weighted by Crippen LogP contribution is 2.31. The smallest absolute Gasteiger partial charge is 0.410 e. The Morgan fingerprint density at radius 2 is 1.79 bits per heavy atom. The van der Waals surface area contributed by atoms with Crippen molar-refractivity contribution in [1.29, 1.82) is 0 Å². The van der Waals surface area contributed by atoms with Gasteiger partial charge in [-0.05, 0) is 39.7 Å². The molecule has 0 saturated carbocycles. The summed E-state index contributed by atoms with van der Waals surface area (Å²) in [6.45, 7) is 9.49. The van der Waals surface area contributed by atoms with Crippen LogP contribution in [0, 0.1) is 5.41 Å². The Morgan fingerprint density at radius 3 is 2.16 bits per heavy atom. The van der Waals surface area contributed by atoms with Crippen LogP contribution >= 0.6 is 0 Å². The Labute approximate surface area is 113 Å². The van der Waals surface area contributed by atoms with Crippen LogP contribution in [0.5, 0.6) is 0 Å². The minimum absolute atomic E-state index is 0.272. The highest BCUT2D eigenvalue weighted by Gasteiger charge is 2.41. The number of amides is 1. The number of likely N-dealkylation sites (tertiary alicyclic amines) is 1. The summed E-state index contributed by atoms with van der Waals surface area (Å²) in [6, 6.07) is 0. The first kappa shape index (κ1) is 15.4. The van der Waals surface area contributed by atoms with Crippen LogP contribution in [-0.4, -0.2) is 41.8 Å². The minimum atomic E-state index is -1.01. The van der Waals surface area contributed by atoms with Crippen molar-refractivity contribution in [2.75, 3.05) is 13.1 Å². The molecule has 1 amide bonds. The molecule has 1 aliphatic rings. The average Bonchev–Trinajstić information content (AvgIpc) is 2.35. The van der Waals surface area contributed by atoms with E-state index in [0.717, 1.165) is 0 Å². The molecule has 0 unspecified atom stereocenters. The molecular weight excluding hydrogens is 246 g/mol. The standard InChI is InChI=1S/C14H21NO4/c1-5-11(17)14(10-16)6-8-15(9-7-14)12(18)19-13(2,3)4/h5,10H,1,6-9H2,2-4H3. The summed E-state index contributed by atoms with van der Waals surface area (Å²) in [7, 11) is 0. The number of aldehydes is 1. The van der Waals surface area contributed by atoms with Crippen molar-refractivity contribution in [3.8, 4) is 0 Å². The first-order valence-electron chi connectivity index (χ1n) is 6.35. The fourth-order valence-electron chi connectivity index (χ4n) is 2.04. The first-order chi connectivity index (χ1) is 8.74. The Hall–Kier alpha value is -1.65. The molecule has 0 aliphatic carbocycles. The van der Waals surface area contributed by atoms with Crippen LogP contribution in [0.2, 0.25) is 0 Å². The lowest BCUT2D eigenvalue weighted by Gasteiger charge is -2.37. The van der Waals surface area contributed by atoms with Gasteiger partial charge in [-0.1, -0.05) is 6.58 Å². The monoisotopic (exact) mass is 267 g/mol. The summed E-state index contributed by atoms with van der Waals surface area (Å²) in [5.41, 5.74) is -1.56. The zero-order valence-electron chi connectivity index (χ0n) is 11.8. The van der Waals surface area contributed by atoms with E-state index in [1.54, 1.807) is 20.8 Å². The Kier molecular flexibility index (Phi) is 4.50. The number of piperidine rings is 1. The Bertz CT molecular complexity index is 387. The number of ether oxygens (including phenoxy) is 1. The van der Waals surface area contributed by atoms with Crippen molar-refractivity contribution in [1.82, 2.24) is 4.90 Å². The zero-order valence-corrected chi connectivity index (χ0v) is 11.8. The molecule has 0 N–H and O–H groups in total. The van der Waals surface area contributed by atoms with Gasteiger partial charge in [0.1, 0.15) is 11.9 Å². The van der Waals surface area contributed by atoms with Crippen molar-refractivity contribution in [3.05, 3.63) is 12.7 Å². The molecule has 0 spiro atoms. The molecule has 0 bridgehead atoms. The third-order valence-electron chi connectivity index (χ3n) is 3.21. The van der Waals surface area contributed by atoms with Gasteiger partial charge in [0.15, 0.2) is 5.78 Å². The van der Waals surface area contributed by atoms with Gasteiger partial charge in [0.2, 0.25) is 0 Å². The summed E-state index contributed by atoms with van der Waals surface area (Å²) < 4.78 is 5.26. The highest BCUT2D eigenvalue weighted by molar-refractivity contribution is 6.04. The van der Waals surface area contributed by atoms with Gasteiger partial charge in [0, 0.05) is 13.1 Å². The summed E-state index contributed by atoms with van der Waals surface area (Å²) >= 11 is 0. The van der Waals surface area contributed by atoms with E-state index >= 15 is 0 Å². The lowest BCUT2D eigenvalue weighted by molar-refractivity contribution is -0.134. The topological polar surface area (TPSA) is 63.7 Å². The third-order valence-corrected chi connectivity index (χ3v) is 3.21. The first-order valence-corrected chi connectivity index (χ1v) is 6.35. The molecular formula is C14H21NO4. The summed E-state index contributed by atoms with van der Waals surface area (Å²) in [5, 5.41) is 0. The second-order valence-electron chi connectivity index (χ2n) is 5.81. The van der Waals surface area contributed by atoms with Gasteiger partial charge in [0.05, 0.1) is 5.41 Å². The van der Waals surface area contributed by atoms with E-state index in [1.165, 1.54) is 11.0 Å². The van der Waals surface area contributed by atoms with E-state index < -0.39 is 17.1 Å². The van der Waals surface area contributed by atoms with E-state index in [4.69, 9.17) is 4.74 Å². The fourth-order valence-corrected chi connectivity index (χ4v) is 2.04. The summed E-state index contributed by atoms with van der Waals surface area (Å²) in [6.07, 6.45) is 2.10. The lowest BCUT2D eigenvalue weighted by Crippen LogP contribution is -2.48. The maximum atomic E-state index is 11.9. The van der Waals surface area contributed by atoms with Crippen molar-refractivity contribution >= 4 is 18.2 Å². The molecule has 1 fully saturated rings. The fraction of sp³-hybridized carbons (Fsp3) is 0.643. The number of carbonyl (C=O) groups is 3. The predicted molar refractivity (Wildman–Crippen MR) is 70.7 cm³/mol. The predicted octanol–water partition coefficient (Wildman–Crippen LogP) is 1.96. The molecule has 0 aromatic heterocycles. The SMILES string of the molecule is C=CC(=O)C1(C=O)CCN(C(=O)OC(C)(C)C)CC1. The molecule has 0 aromatic rings. The van der Waals surface area contributed by atoms with Gasteiger partial charge in [-0.2, -0.15) is 0 Å². The minimum Gasteiger partial charge on any atom is -0.444 e. The molecule has 106 valence electrons. The molecule has 1 rings (SSSR count). The van der Waals surface area contributed by atoms with Gasteiger partial charge >= 0.3 is 6.09 Å². The van der Waals surface area contributed by atoms with E-state index in [-0.39, 0.29) is 5.78 Å². The van der Waals surface area contributed by atoms with Gasteiger partial charge in [0.25, 0.3) is 0 Å². The average molecular weight is 267 g/mol. The van der Waals surface area contributed by atoms with E-state index in [1.807, 2.05) is 0 Å². The second-order valence-corrected chi connectivity index (χ2v) is 5.81. The zero-order chi connectivity index (χ0) is 14.7. The largest absolute Gasteiger partial charge is 0.444 e. The number of nitrogens with zero attached hydrogens (tertiary/aromatic N) is 1. The number of hydrogen-bond acceptors (Lipinski definition) is 4. The van der Waals surface area contributed by atoms with E-state index in [9.17, 15) is 14.4 Å². The number of carbonyl (C=O) groups excluding carboxylic acids is 3. The van der Waals surface area contributed by atoms with Crippen LogP contribution in [0.25, 0.3) is 0 Å². The second kappa shape index (κ2) is 5.55. The Morgan fingerprint density at radius 1 is 1.26 bits per heavy atom. The summed E-state index contributed by atoms with van der Waals surface area (Å²) in [5.74, 6) is -0.272. The Balaban J connectivity index is 2.66. The maximum Gasteiger partial charge on any atom is 0.410 e. The number of rotatable bonds is 3. The van der Waals surface area contributed by atoms with E-state index in [2.05, 4.69) is 6.58 Å². The third kappa shape index (κ3) is 3.66. The number of ketones is 1. The molecule has 1 saturated heterocycles. The summed E-state index contributed by atoms with van der Waals surface area (Å²) in [4.78, 5) is 36.3. The van der Waals surface area contributed by atoms with Crippen LogP contribution in [0.15, 0.2) is 12.7 Å². The number of hydrogen-bond donors (Lipinski definition) is 0. The van der Waals surface area contributed by atoms with Crippen molar-refractivity contribution in [2.24, 2.45) is 5.41 Å². The van der Waals surface area contributed by atoms with E-state index in [0.29, 0.717) is 32.2 Å². The molecule has 5 heteroatoms. The van der Waals surface area contributed by atoms with Gasteiger partial charge < -0.3 is 14.4 Å². The van der Waals surface area contributed by atoms with Crippen molar-refractivity contribution < 1.29 is 19.1 Å². The maximum absolute atomic E-state index is 11.9.